The summed E-state index contributed by atoms with van der Waals surface area (Å²) in [4.78, 5) is 2.26. The van der Waals surface area contributed by atoms with E-state index >= 15 is 0 Å². The lowest BCUT2D eigenvalue weighted by Gasteiger charge is -2.43. The summed E-state index contributed by atoms with van der Waals surface area (Å²) in [7, 11) is 2.09. The molecule has 0 amide bonds. The van der Waals surface area contributed by atoms with Crippen LogP contribution in [0.1, 0.15) is 26.7 Å². The molecule has 4 heteroatoms. The Balaban J connectivity index is 2.62. The molecular formula is C12H24BrNO2. The maximum atomic E-state index is 9.37. The number of hydrogen-bond acceptors (Lipinski definition) is 3. The summed E-state index contributed by atoms with van der Waals surface area (Å²) in [5.74, 6) is 0. The average Bonchev–Trinajstić information content (AvgIpc) is 2.30. The first-order chi connectivity index (χ1) is 7.46. The van der Waals surface area contributed by atoms with Crippen molar-refractivity contribution < 1.29 is 9.84 Å². The Morgan fingerprint density at radius 1 is 1.38 bits per heavy atom. The smallest absolute Gasteiger partial charge is 0.0609 e. The third-order valence-electron chi connectivity index (χ3n) is 3.83. The minimum absolute atomic E-state index is 0.145. The number of aliphatic hydroxyl groups is 1. The largest absolute Gasteiger partial charge is 0.394 e. The van der Waals surface area contributed by atoms with Crippen LogP contribution < -0.4 is 0 Å². The second kappa shape index (κ2) is 5.80. The molecule has 0 atom stereocenters. The molecule has 0 spiro atoms. The molecular weight excluding hydrogens is 270 g/mol. The number of halogens is 1. The highest BCUT2D eigenvalue weighted by Gasteiger charge is 2.36. The Morgan fingerprint density at radius 3 is 2.38 bits per heavy atom. The highest BCUT2D eigenvalue weighted by atomic mass is 79.9. The summed E-state index contributed by atoms with van der Waals surface area (Å²) >= 11 is 3.64. The van der Waals surface area contributed by atoms with Crippen LogP contribution in [-0.2, 0) is 4.74 Å². The lowest BCUT2D eigenvalue weighted by atomic mass is 9.81. The predicted octanol–water partition coefficient (Wildman–Crippen LogP) is 1.88. The monoisotopic (exact) mass is 293 g/mol. The Kier molecular flexibility index (Phi) is 5.23. The maximum absolute atomic E-state index is 9.37. The summed E-state index contributed by atoms with van der Waals surface area (Å²) in [6.07, 6.45) is 2.20. The van der Waals surface area contributed by atoms with Crippen molar-refractivity contribution in [2.75, 3.05) is 38.7 Å². The van der Waals surface area contributed by atoms with E-state index in [0.29, 0.717) is 5.41 Å². The molecule has 0 saturated carbocycles. The Hall–Kier alpha value is 0.360. The van der Waals surface area contributed by atoms with E-state index < -0.39 is 0 Å². The van der Waals surface area contributed by atoms with Gasteiger partial charge in [-0.2, -0.15) is 0 Å². The first-order valence-corrected chi connectivity index (χ1v) is 7.04. The van der Waals surface area contributed by atoms with Gasteiger partial charge in [-0.05, 0) is 39.2 Å². The number of likely N-dealkylation sites (N-methyl/N-ethyl adjacent to an activating group) is 1. The normalized spacial score (nSPS) is 21.4. The number of alkyl halides is 1. The van der Waals surface area contributed by atoms with E-state index in [1.807, 2.05) is 0 Å². The second-order valence-electron chi connectivity index (χ2n) is 5.57. The van der Waals surface area contributed by atoms with Gasteiger partial charge in [0.15, 0.2) is 0 Å². The molecule has 0 aliphatic carbocycles. The fourth-order valence-corrected chi connectivity index (χ4v) is 2.71. The van der Waals surface area contributed by atoms with Crippen LogP contribution in [0.25, 0.3) is 0 Å². The average molecular weight is 294 g/mol. The highest BCUT2D eigenvalue weighted by molar-refractivity contribution is 9.09. The van der Waals surface area contributed by atoms with Gasteiger partial charge in [0.1, 0.15) is 0 Å². The Morgan fingerprint density at radius 2 is 1.94 bits per heavy atom. The van der Waals surface area contributed by atoms with Crippen LogP contribution in [0.5, 0.6) is 0 Å². The molecule has 16 heavy (non-hydrogen) atoms. The van der Waals surface area contributed by atoms with Crippen LogP contribution in [0.2, 0.25) is 0 Å². The first kappa shape index (κ1) is 14.4. The van der Waals surface area contributed by atoms with Crippen LogP contribution in [0.4, 0.5) is 0 Å². The van der Waals surface area contributed by atoms with Crippen molar-refractivity contribution in [3.63, 3.8) is 0 Å². The molecule has 0 unspecified atom stereocenters. The van der Waals surface area contributed by atoms with Gasteiger partial charge in [0.05, 0.1) is 6.61 Å². The summed E-state index contributed by atoms with van der Waals surface area (Å²) in [5.41, 5.74) is 0.160. The minimum atomic E-state index is -0.145. The van der Waals surface area contributed by atoms with E-state index in [2.05, 4.69) is 41.7 Å². The summed E-state index contributed by atoms with van der Waals surface area (Å²) in [6.45, 7) is 7.08. The summed E-state index contributed by atoms with van der Waals surface area (Å²) in [5, 5.41) is 10.4. The number of ether oxygens (including phenoxy) is 1. The van der Waals surface area contributed by atoms with Gasteiger partial charge in [0.2, 0.25) is 0 Å². The lowest BCUT2D eigenvalue weighted by Crippen LogP contribution is -2.51. The van der Waals surface area contributed by atoms with Crippen molar-refractivity contribution >= 4 is 15.9 Å². The highest BCUT2D eigenvalue weighted by Crippen LogP contribution is 2.34. The van der Waals surface area contributed by atoms with Crippen molar-refractivity contribution in [2.24, 2.45) is 5.41 Å². The van der Waals surface area contributed by atoms with Gasteiger partial charge < -0.3 is 9.84 Å². The second-order valence-corrected chi connectivity index (χ2v) is 6.13. The van der Waals surface area contributed by atoms with Crippen LogP contribution in [-0.4, -0.2) is 54.3 Å². The zero-order valence-electron chi connectivity index (χ0n) is 10.6. The Bertz CT molecular complexity index is 215. The molecule has 0 bridgehead atoms. The molecule has 0 aromatic heterocycles. The topological polar surface area (TPSA) is 32.7 Å². The van der Waals surface area contributed by atoms with Crippen LogP contribution in [0.15, 0.2) is 0 Å². The molecule has 1 saturated heterocycles. The van der Waals surface area contributed by atoms with Gasteiger partial charge in [0.25, 0.3) is 0 Å². The molecule has 1 heterocycles. The molecule has 0 aromatic carbocycles. The van der Waals surface area contributed by atoms with E-state index in [4.69, 9.17) is 4.74 Å². The Labute approximate surface area is 107 Å². The zero-order valence-corrected chi connectivity index (χ0v) is 12.2. The predicted molar refractivity (Wildman–Crippen MR) is 70.1 cm³/mol. The zero-order chi connectivity index (χ0) is 12.2. The standard InChI is InChI=1S/C12H24BrNO2/c1-11(2,10-15)14(3)9-12(8-13)4-6-16-7-5-12/h15H,4-10H2,1-3H3. The third-order valence-corrected chi connectivity index (χ3v) is 5.02. The molecule has 1 fully saturated rings. The summed E-state index contributed by atoms with van der Waals surface area (Å²) < 4.78 is 5.43. The molecule has 1 aliphatic heterocycles. The van der Waals surface area contributed by atoms with E-state index in [9.17, 15) is 5.11 Å². The van der Waals surface area contributed by atoms with Gasteiger partial charge in [0, 0.05) is 30.6 Å². The van der Waals surface area contributed by atoms with Crippen LogP contribution in [0.3, 0.4) is 0 Å². The van der Waals surface area contributed by atoms with Gasteiger partial charge >= 0.3 is 0 Å². The molecule has 1 N–H and O–H groups in total. The van der Waals surface area contributed by atoms with E-state index in [0.717, 1.165) is 37.9 Å². The van der Waals surface area contributed by atoms with Gasteiger partial charge in [-0.3, -0.25) is 4.90 Å². The van der Waals surface area contributed by atoms with Crippen molar-refractivity contribution in [1.29, 1.82) is 0 Å². The van der Waals surface area contributed by atoms with Crippen molar-refractivity contribution in [1.82, 2.24) is 4.90 Å². The number of rotatable bonds is 5. The number of hydrogen-bond donors (Lipinski definition) is 1. The first-order valence-electron chi connectivity index (χ1n) is 5.92. The summed E-state index contributed by atoms with van der Waals surface area (Å²) in [6, 6.07) is 0. The maximum Gasteiger partial charge on any atom is 0.0609 e. The third kappa shape index (κ3) is 3.42. The quantitative estimate of drug-likeness (QED) is 0.786. The fraction of sp³-hybridized carbons (Fsp3) is 1.00. The molecule has 1 rings (SSSR count). The van der Waals surface area contributed by atoms with E-state index in [-0.39, 0.29) is 12.1 Å². The molecule has 96 valence electrons. The SMILES string of the molecule is CN(CC1(CBr)CCOCC1)C(C)(C)CO. The van der Waals surface area contributed by atoms with Crippen LogP contribution >= 0.6 is 15.9 Å². The lowest BCUT2D eigenvalue weighted by molar-refractivity contribution is -0.0145. The van der Waals surface area contributed by atoms with Crippen molar-refractivity contribution in [3.05, 3.63) is 0 Å². The van der Waals surface area contributed by atoms with Crippen molar-refractivity contribution in [3.8, 4) is 0 Å². The number of aliphatic hydroxyl groups excluding tert-OH is 1. The minimum Gasteiger partial charge on any atom is -0.394 e. The molecule has 0 aromatic rings. The van der Waals surface area contributed by atoms with Gasteiger partial charge in [-0.1, -0.05) is 15.9 Å². The van der Waals surface area contributed by atoms with E-state index in [1.165, 1.54) is 0 Å². The van der Waals surface area contributed by atoms with Crippen LogP contribution in [0, 0.1) is 5.41 Å². The number of nitrogens with zero attached hydrogens (tertiary/aromatic N) is 1. The van der Waals surface area contributed by atoms with Crippen molar-refractivity contribution in [2.45, 2.75) is 32.2 Å². The van der Waals surface area contributed by atoms with Gasteiger partial charge in [-0.25, -0.2) is 0 Å². The molecule has 0 radical (unpaired) electrons. The molecule has 3 nitrogen and oxygen atoms in total. The molecule has 1 aliphatic rings. The van der Waals surface area contributed by atoms with Gasteiger partial charge in [-0.15, -0.1) is 0 Å². The fourth-order valence-electron chi connectivity index (χ4n) is 1.98. The van der Waals surface area contributed by atoms with E-state index in [1.54, 1.807) is 0 Å².